The number of carbonyl (C=O) groups is 2. The van der Waals surface area contributed by atoms with Gasteiger partial charge in [-0.15, -0.1) is 0 Å². The second-order valence-corrected chi connectivity index (χ2v) is 7.11. The molecule has 0 unspecified atom stereocenters. The van der Waals surface area contributed by atoms with E-state index >= 15 is 0 Å². The van der Waals surface area contributed by atoms with Crippen LogP contribution in [0.5, 0.6) is 17.2 Å². The Hall–Kier alpha value is -3.34. The van der Waals surface area contributed by atoms with Crippen LogP contribution in [0.1, 0.15) is 12.5 Å². The Morgan fingerprint density at radius 1 is 1.12 bits per heavy atom. The number of quaternary nitrogens is 1. The topological polar surface area (TPSA) is 140 Å². The van der Waals surface area contributed by atoms with Crippen molar-refractivity contribution in [2.24, 2.45) is 0 Å². The minimum Gasteiger partial charge on any atom is -0.539 e. The molecule has 0 spiro atoms. The maximum atomic E-state index is 9.04. The number of rotatable bonds is 9. The van der Waals surface area contributed by atoms with Crippen molar-refractivity contribution in [1.82, 2.24) is 0 Å². The quantitative estimate of drug-likeness (QED) is 0.381. The number of methoxy groups -OCH3 is 2. The summed E-state index contributed by atoms with van der Waals surface area (Å²) < 4.78 is 28.6. The summed E-state index contributed by atoms with van der Waals surface area (Å²) in [6, 6.07) is 15.6. The van der Waals surface area contributed by atoms with E-state index < -0.39 is 17.7 Å². The van der Waals surface area contributed by atoms with Crippen molar-refractivity contribution in [3.8, 4) is 17.2 Å². The highest BCUT2D eigenvalue weighted by Crippen LogP contribution is 2.36. The lowest BCUT2D eigenvalue weighted by molar-refractivity contribution is -0.661. The van der Waals surface area contributed by atoms with Crippen molar-refractivity contribution < 1.29 is 48.8 Å². The maximum Gasteiger partial charge on any atom is 0.351 e. The number of carboxylic acids is 2. The Labute approximate surface area is 192 Å². The lowest BCUT2D eigenvalue weighted by atomic mass is 10.1. The van der Waals surface area contributed by atoms with Crippen LogP contribution in [0, 0.1) is 0 Å². The summed E-state index contributed by atoms with van der Waals surface area (Å²) in [6.45, 7) is 4.71. The first-order chi connectivity index (χ1) is 15.8. The molecule has 10 nitrogen and oxygen atoms in total. The molecule has 0 aromatic heterocycles. The van der Waals surface area contributed by atoms with Gasteiger partial charge in [0.2, 0.25) is 5.75 Å². The summed E-state index contributed by atoms with van der Waals surface area (Å²) >= 11 is 0. The summed E-state index contributed by atoms with van der Waals surface area (Å²) in [5, 5.41) is 18.5. The Bertz CT molecular complexity index is 872. The van der Waals surface area contributed by atoms with Gasteiger partial charge in [0.1, 0.15) is 25.8 Å². The lowest BCUT2D eigenvalue weighted by Crippen LogP contribution is -2.87. The van der Waals surface area contributed by atoms with Crippen LogP contribution in [-0.2, 0) is 24.8 Å². The standard InChI is InChI=1S/C21H27NO5.C2H2O4/c1-21(16-8-5-4-6-9-16)26-15-17(27-21)14-22-12-13-25-20-18(23-2)10-7-11-19(20)24-3;3-1(4)2(5)6/h4-11,17,22H,12-15H2,1-3H3;(H,3,4)(H,5,6)/t17-,21+;/m1./s1. The molecule has 0 amide bonds. The van der Waals surface area contributed by atoms with E-state index in [2.05, 4.69) is 5.32 Å². The van der Waals surface area contributed by atoms with E-state index in [0.29, 0.717) is 30.5 Å². The average Bonchev–Trinajstić information content (AvgIpc) is 3.21. The van der Waals surface area contributed by atoms with E-state index in [1.807, 2.05) is 55.5 Å². The van der Waals surface area contributed by atoms with Gasteiger partial charge in [0, 0.05) is 5.56 Å². The normalized spacial score (nSPS) is 19.2. The van der Waals surface area contributed by atoms with Gasteiger partial charge in [-0.3, -0.25) is 0 Å². The Morgan fingerprint density at radius 2 is 1.73 bits per heavy atom. The van der Waals surface area contributed by atoms with Crippen LogP contribution in [0.2, 0.25) is 0 Å². The smallest absolute Gasteiger partial charge is 0.351 e. The van der Waals surface area contributed by atoms with Crippen LogP contribution in [0.25, 0.3) is 0 Å². The number of carbonyl (C=O) groups excluding carboxylic acids is 1. The zero-order chi connectivity index (χ0) is 24.3. The molecule has 0 saturated carbocycles. The molecule has 0 aliphatic carbocycles. The largest absolute Gasteiger partial charge is 0.539 e. The molecule has 10 heteroatoms. The number of para-hydroxylation sites is 1. The van der Waals surface area contributed by atoms with Gasteiger partial charge in [0.15, 0.2) is 23.3 Å². The highest BCUT2D eigenvalue weighted by atomic mass is 16.7. The van der Waals surface area contributed by atoms with Crippen LogP contribution >= 0.6 is 0 Å². The number of hydrogen-bond acceptors (Lipinski definition) is 8. The van der Waals surface area contributed by atoms with Gasteiger partial charge in [0.25, 0.3) is 0 Å². The molecule has 180 valence electrons. The van der Waals surface area contributed by atoms with Gasteiger partial charge in [-0.25, -0.2) is 4.79 Å². The SMILES string of the molecule is COc1cccc(OC)c1OCC[NH2+]C[C@@H]1CO[C@](C)(c2ccccc2)O1.O=C([O-])C(=O)O. The van der Waals surface area contributed by atoms with Crippen molar-refractivity contribution in [3.05, 3.63) is 54.1 Å². The summed E-state index contributed by atoms with van der Waals surface area (Å²) in [7, 11) is 3.24. The van der Waals surface area contributed by atoms with E-state index in [-0.39, 0.29) is 6.10 Å². The van der Waals surface area contributed by atoms with Gasteiger partial charge in [-0.1, -0.05) is 36.4 Å². The molecule has 3 N–H and O–H groups in total. The number of aliphatic carboxylic acids is 2. The highest BCUT2D eigenvalue weighted by molar-refractivity contribution is 6.26. The predicted octanol–water partition coefficient (Wildman–Crippen LogP) is -0.245. The minimum atomic E-state index is -2.07. The second-order valence-electron chi connectivity index (χ2n) is 7.11. The van der Waals surface area contributed by atoms with Gasteiger partial charge < -0.3 is 44.0 Å². The fourth-order valence-electron chi connectivity index (χ4n) is 3.15. The molecule has 1 aliphatic heterocycles. The molecule has 33 heavy (non-hydrogen) atoms. The molecule has 2 aromatic rings. The van der Waals surface area contributed by atoms with Crippen LogP contribution < -0.4 is 24.6 Å². The van der Waals surface area contributed by atoms with Crippen molar-refractivity contribution >= 4 is 11.9 Å². The Morgan fingerprint density at radius 3 is 2.27 bits per heavy atom. The summed E-state index contributed by atoms with van der Waals surface area (Å²) in [6.07, 6.45) is 0.0519. The van der Waals surface area contributed by atoms with Crippen LogP contribution in [0.15, 0.2) is 48.5 Å². The molecular formula is C23H29NO9. The number of benzene rings is 2. The number of nitrogens with two attached hydrogens (primary N) is 1. The highest BCUT2D eigenvalue weighted by Gasteiger charge is 2.39. The van der Waals surface area contributed by atoms with Crippen molar-refractivity contribution in [2.75, 3.05) is 40.5 Å². The fourth-order valence-corrected chi connectivity index (χ4v) is 3.15. The molecule has 2 atom stereocenters. The molecule has 0 bridgehead atoms. The molecule has 1 aliphatic rings. The summed E-state index contributed by atoms with van der Waals surface area (Å²) in [4.78, 5) is 18.0. The molecule has 1 saturated heterocycles. The first-order valence-corrected chi connectivity index (χ1v) is 10.3. The van der Waals surface area contributed by atoms with Crippen LogP contribution in [0.4, 0.5) is 0 Å². The Kier molecular flexibility index (Phi) is 9.92. The molecule has 1 fully saturated rings. The summed E-state index contributed by atoms with van der Waals surface area (Å²) in [5.74, 6) is -2.71. The van der Waals surface area contributed by atoms with Crippen molar-refractivity contribution in [1.29, 1.82) is 0 Å². The van der Waals surface area contributed by atoms with E-state index in [0.717, 1.165) is 18.7 Å². The molecule has 0 radical (unpaired) electrons. The maximum absolute atomic E-state index is 9.04. The third-order valence-electron chi connectivity index (χ3n) is 4.79. The predicted molar refractivity (Wildman–Crippen MR) is 114 cm³/mol. The van der Waals surface area contributed by atoms with Gasteiger partial charge in [-0.2, -0.15) is 0 Å². The van der Waals surface area contributed by atoms with Crippen LogP contribution in [-0.4, -0.2) is 63.7 Å². The number of carboxylic acid groups (broad SMARTS) is 2. The third-order valence-corrected chi connectivity index (χ3v) is 4.79. The second kappa shape index (κ2) is 12.6. The lowest BCUT2D eigenvalue weighted by Gasteiger charge is -2.23. The first kappa shape index (κ1) is 25.9. The van der Waals surface area contributed by atoms with Gasteiger partial charge in [0.05, 0.1) is 20.8 Å². The molecule has 2 aromatic carbocycles. The van der Waals surface area contributed by atoms with E-state index in [1.165, 1.54) is 0 Å². The number of ether oxygens (including phenoxy) is 5. The van der Waals surface area contributed by atoms with E-state index in [9.17, 15) is 0 Å². The summed E-state index contributed by atoms with van der Waals surface area (Å²) in [5.41, 5.74) is 1.04. The zero-order valence-corrected chi connectivity index (χ0v) is 18.8. The van der Waals surface area contributed by atoms with Gasteiger partial charge >= 0.3 is 5.97 Å². The fraction of sp³-hybridized carbons (Fsp3) is 0.391. The minimum absolute atomic E-state index is 0.0519. The average molecular weight is 463 g/mol. The molecule has 1 heterocycles. The van der Waals surface area contributed by atoms with E-state index in [1.54, 1.807) is 14.2 Å². The molecule has 3 rings (SSSR count). The monoisotopic (exact) mass is 463 g/mol. The molecular weight excluding hydrogens is 434 g/mol. The van der Waals surface area contributed by atoms with Crippen molar-refractivity contribution in [3.63, 3.8) is 0 Å². The Balaban J connectivity index is 0.000000569. The van der Waals surface area contributed by atoms with E-state index in [4.69, 9.17) is 43.5 Å². The number of hydrogen-bond donors (Lipinski definition) is 2. The van der Waals surface area contributed by atoms with Crippen molar-refractivity contribution in [2.45, 2.75) is 18.8 Å². The van der Waals surface area contributed by atoms with Crippen LogP contribution in [0.3, 0.4) is 0 Å². The van der Waals surface area contributed by atoms with Gasteiger partial charge in [-0.05, 0) is 19.1 Å². The first-order valence-electron chi connectivity index (χ1n) is 10.3. The zero-order valence-electron chi connectivity index (χ0n) is 18.8. The third kappa shape index (κ3) is 7.63.